The van der Waals surface area contributed by atoms with Crippen molar-refractivity contribution in [3.63, 3.8) is 0 Å². The van der Waals surface area contributed by atoms with Crippen LogP contribution in [0, 0.1) is 17.8 Å². The topological polar surface area (TPSA) is 43.1 Å². The number of Topliss-reactive ketones (excluding diaryl/α,β-unsaturated/α-hetero) is 1. The van der Waals surface area contributed by atoms with E-state index >= 15 is 0 Å². The lowest BCUT2D eigenvalue weighted by atomic mass is 9.83. The standard InChI is InChI=1S/C9H15NO/c1-5(11)8-6-2-3-7(4-6)9(8)10/h6-9H,2-4,10H2,1H3/i2D,3D. The molecule has 62 valence electrons. The Bertz CT molecular complexity index is 246. The molecular formula is C9H15NO. The SMILES string of the molecule is [2H]C1C([2H])C2CC1C(N)C2C(C)=O. The van der Waals surface area contributed by atoms with Gasteiger partial charge in [0.25, 0.3) is 0 Å². The van der Waals surface area contributed by atoms with Crippen molar-refractivity contribution >= 4 is 5.78 Å². The summed E-state index contributed by atoms with van der Waals surface area (Å²) in [5.74, 6) is 0.0969. The van der Waals surface area contributed by atoms with E-state index in [1.54, 1.807) is 6.92 Å². The minimum Gasteiger partial charge on any atom is -0.327 e. The maximum Gasteiger partial charge on any atom is 0.134 e. The average molecular weight is 155 g/mol. The summed E-state index contributed by atoms with van der Waals surface area (Å²) in [4.78, 5) is 11.3. The molecule has 0 saturated heterocycles. The van der Waals surface area contributed by atoms with E-state index in [-0.39, 0.29) is 36.0 Å². The Labute approximate surface area is 70.0 Å². The van der Waals surface area contributed by atoms with Gasteiger partial charge >= 0.3 is 0 Å². The van der Waals surface area contributed by atoms with Crippen LogP contribution in [0.2, 0.25) is 0 Å². The average Bonchev–Trinajstić information content (AvgIpc) is 2.50. The number of carbonyl (C=O) groups is 1. The molecule has 0 aliphatic heterocycles. The summed E-state index contributed by atoms with van der Waals surface area (Å²) in [5.41, 5.74) is 5.89. The van der Waals surface area contributed by atoms with E-state index < -0.39 is 6.40 Å². The van der Waals surface area contributed by atoms with Gasteiger partial charge in [-0.05, 0) is 38.0 Å². The van der Waals surface area contributed by atoms with Gasteiger partial charge in [-0.3, -0.25) is 4.79 Å². The van der Waals surface area contributed by atoms with Crippen LogP contribution in [0.4, 0.5) is 0 Å². The molecule has 0 aromatic carbocycles. The molecule has 2 aliphatic rings. The van der Waals surface area contributed by atoms with Crippen molar-refractivity contribution in [3.8, 4) is 0 Å². The monoisotopic (exact) mass is 155 g/mol. The van der Waals surface area contributed by atoms with E-state index in [9.17, 15) is 4.79 Å². The Kier molecular flexibility index (Phi) is 1.11. The molecule has 2 fully saturated rings. The fraction of sp³-hybridized carbons (Fsp3) is 0.889. The molecule has 0 spiro atoms. The second kappa shape index (κ2) is 2.31. The van der Waals surface area contributed by atoms with Gasteiger partial charge in [0.05, 0.1) is 0 Å². The van der Waals surface area contributed by atoms with E-state index in [2.05, 4.69) is 0 Å². The van der Waals surface area contributed by atoms with Crippen molar-refractivity contribution in [2.24, 2.45) is 23.5 Å². The molecule has 0 aromatic heterocycles. The molecule has 2 nitrogen and oxygen atoms in total. The van der Waals surface area contributed by atoms with E-state index in [1.165, 1.54) is 0 Å². The number of fused-ring (bicyclic) bond motifs is 2. The fourth-order valence-electron chi connectivity index (χ4n) is 2.43. The van der Waals surface area contributed by atoms with Crippen LogP contribution in [-0.2, 0) is 4.79 Å². The fourth-order valence-corrected chi connectivity index (χ4v) is 2.43. The summed E-state index contributed by atoms with van der Waals surface area (Å²) >= 11 is 0. The Hall–Kier alpha value is -0.370. The molecule has 2 heteroatoms. The summed E-state index contributed by atoms with van der Waals surface area (Å²) in [6.45, 7) is 1.55. The summed E-state index contributed by atoms with van der Waals surface area (Å²) < 4.78 is 15.5. The molecule has 2 saturated carbocycles. The zero-order chi connectivity index (χ0) is 9.75. The highest BCUT2D eigenvalue weighted by molar-refractivity contribution is 5.80. The molecule has 0 aromatic rings. The minimum atomic E-state index is -0.390. The first kappa shape index (κ1) is 5.31. The van der Waals surface area contributed by atoms with Crippen molar-refractivity contribution in [2.45, 2.75) is 32.2 Å². The number of hydrogen-bond donors (Lipinski definition) is 1. The highest BCUT2D eigenvalue weighted by atomic mass is 16.1. The van der Waals surface area contributed by atoms with Crippen LogP contribution in [0.3, 0.4) is 0 Å². The first-order valence-corrected chi connectivity index (χ1v) is 4.14. The number of nitrogens with two attached hydrogens (primary N) is 1. The molecule has 6 unspecified atom stereocenters. The van der Waals surface area contributed by atoms with Gasteiger partial charge < -0.3 is 5.73 Å². The summed E-state index contributed by atoms with van der Waals surface area (Å²) in [6.07, 6.45) is 0.0580. The lowest BCUT2D eigenvalue weighted by Gasteiger charge is -2.25. The Morgan fingerprint density at radius 2 is 2.18 bits per heavy atom. The van der Waals surface area contributed by atoms with Gasteiger partial charge in [-0.1, -0.05) is 0 Å². The van der Waals surface area contributed by atoms with Crippen LogP contribution in [-0.4, -0.2) is 11.8 Å². The van der Waals surface area contributed by atoms with Crippen molar-refractivity contribution < 1.29 is 7.54 Å². The first-order valence-electron chi connectivity index (χ1n) is 5.30. The molecular weight excluding hydrogens is 138 g/mol. The maximum atomic E-state index is 11.3. The molecule has 2 rings (SSSR count). The lowest BCUT2D eigenvalue weighted by Crippen LogP contribution is -2.39. The minimum absolute atomic E-state index is 0.0556. The number of ketones is 1. The predicted octanol–water partition coefficient (Wildman–Crippen LogP) is 0.949. The molecule has 0 radical (unpaired) electrons. The molecule has 0 amide bonds. The zero-order valence-electron chi connectivity index (χ0n) is 8.66. The predicted molar refractivity (Wildman–Crippen MR) is 43.0 cm³/mol. The van der Waals surface area contributed by atoms with Crippen molar-refractivity contribution in [3.05, 3.63) is 0 Å². The third-order valence-corrected chi connectivity index (χ3v) is 2.99. The van der Waals surface area contributed by atoms with Crippen LogP contribution < -0.4 is 5.73 Å². The lowest BCUT2D eigenvalue weighted by molar-refractivity contribution is -0.122. The molecule has 2 aliphatic carbocycles. The number of hydrogen-bond acceptors (Lipinski definition) is 2. The zero-order valence-corrected chi connectivity index (χ0v) is 6.66. The van der Waals surface area contributed by atoms with Crippen LogP contribution in [0.1, 0.15) is 28.9 Å². The first-order chi connectivity index (χ1) is 6.04. The van der Waals surface area contributed by atoms with Gasteiger partial charge in [-0.15, -0.1) is 0 Å². The Balaban J connectivity index is 2.24. The van der Waals surface area contributed by atoms with Gasteiger partial charge in [0, 0.05) is 14.7 Å². The van der Waals surface area contributed by atoms with Gasteiger partial charge in [-0.2, -0.15) is 0 Å². The molecule has 0 heterocycles. The third kappa shape index (κ3) is 0.924. The Morgan fingerprint density at radius 1 is 1.55 bits per heavy atom. The van der Waals surface area contributed by atoms with Crippen LogP contribution in [0.5, 0.6) is 0 Å². The van der Waals surface area contributed by atoms with Crippen LogP contribution >= 0.6 is 0 Å². The smallest absolute Gasteiger partial charge is 0.134 e. The quantitative estimate of drug-likeness (QED) is 0.612. The molecule has 2 bridgehead atoms. The molecule has 2 N–H and O–H groups in total. The second-order valence-electron chi connectivity index (χ2n) is 3.66. The third-order valence-electron chi connectivity index (χ3n) is 2.99. The van der Waals surface area contributed by atoms with E-state index in [0.717, 1.165) is 6.42 Å². The summed E-state index contributed by atoms with van der Waals surface area (Å²) in [6, 6.07) is -0.161. The van der Waals surface area contributed by atoms with Gasteiger partial charge in [-0.25, -0.2) is 0 Å². The van der Waals surface area contributed by atoms with Gasteiger partial charge in [0.2, 0.25) is 0 Å². The van der Waals surface area contributed by atoms with Crippen LogP contribution in [0.15, 0.2) is 0 Å². The van der Waals surface area contributed by atoms with Crippen molar-refractivity contribution in [2.75, 3.05) is 0 Å². The maximum absolute atomic E-state index is 11.3. The second-order valence-corrected chi connectivity index (χ2v) is 3.66. The van der Waals surface area contributed by atoms with Crippen molar-refractivity contribution in [1.82, 2.24) is 0 Å². The van der Waals surface area contributed by atoms with Crippen LogP contribution in [0.25, 0.3) is 0 Å². The number of carbonyl (C=O) groups excluding carboxylic acids is 1. The van der Waals surface area contributed by atoms with E-state index in [0.29, 0.717) is 0 Å². The Morgan fingerprint density at radius 3 is 2.73 bits per heavy atom. The van der Waals surface area contributed by atoms with Crippen molar-refractivity contribution in [1.29, 1.82) is 0 Å². The number of rotatable bonds is 1. The van der Waals surface area contributed by atoms with Gasteiger partial charge in [0.15, 0.2) is 0 Å². The highest BCUT2D eigenvalue weighted by Crippen LogP contribution is 2.47. The molecule has 6 atom stereocenters. The largest absolute Gasteiger partial charge is 0.327 e. The van der Waals surface area contributed by atoms with Gasteiger partial charge in [0.1, 0.15) is 5.78 Å². The summed E-state index contributed by atoms with van der Waals surface area (Å²) in [5, 5.41) is 0. The normalized spacial score (nSPS) is 64.2. The van der Waals surface area contributed by atoms with E-state index in [1.807, 2.05) is 0 Å². The summed E-state index contributed by atoms with van der Waals surface area (Å²) in [7, 11) is 0. The highest BCUT2D eigenvalue weighted by Gasteiger charge is 2.47. The van der Waals surface area contributed by atoms with E-state index in [4.69, 9.17) is 8.48 Å². The molecule has 11 heavy (non-hydrogen) atoms.